The number of hydrogen-bond acceptors (Lipinski definition) is 4. The van der Waals surface area contributed by atoms with E-state index in [9.17, 15) is 9.59 Å². The van der Waals surface area contributed by atoms with E-state index in [-0.39, 0.29) is 17.9 Å². The first-order chi connectivity index (χ1) is 8.22. The van der Waals surface area contributed by atoms with Crippen LogP contribution in [0.25, 0.3) is 0 Å². The number of cyclic esters (lactones) is 1. The van der Waals surface area contributed by atoms with E-state index in [1.54, 1.807) is 12.1 Å². The van der Waals surface area contributed by atoms with E-state index in [2.05, 4.69) is 0 Å². The molecule has 1 heterocycles. The maximum absolute atomic E-state index is 11.6. The molecular formula is C13H14O4. The summed E-state index contributed by atoms with van der Waals surface area (Å²) in [4.78, 5) is 22.9. The fourth-order valence-electron chi connectivity index (χ4n) is 2.00. The van der Waals surface area contributed by atoms with Crippen LogP contribution in [0.5, 0.6) is 0 Å². The highest BCUT2D eigenvalue weighted by molar-refractivity contribution is 5.91. The van der Waals surface area contributed by atoms with Crippen molar-refractivity contribution < 1.29 is 19.1 Å². The lowest BCUT2D eigenvalue weighted by Crippen LogP contribution is -2.14. The Balaban J connectivity index is 2.20. The molecule has 0 spiro atoms. The second-order valence-electron chi connectivity index (χ2n) is 4.01. The molecule has 0 radical (unpaired) electrons. The largest absolute Gasteiger partial charge is 0.465 e. The number of ether oxygens (including phenoxy) is 2. The maximum Gasteiger partial charge on any atom is 0.338 e. The van der Waals surface area contributed by atoms with E-state index >= 15 is 0 Å². The molecule has 0 N–H and O–H groups in total. The summed E-state index contributed by atoms with van der Waals surface area (Å²) in [6, 6.07) is 7.18. The second kappa shape index (κ2) is 4.99. The number of carbonyl (C=O) groups is 2. The standard InChI is InChI=1S/C13H14O4/c1-16-13(15)11-5-3-2-4-9(11)8-10-6-7-17-12(10)14/h2-5,10H,6-8H2,1H3. The Morgan fingerprint density at radius 1 is 1.47 bits per heavy atom. The summed E-state index contributed by atoms with van der Waals surface area (Å²) in [6.07, 6.45) is 1.25. The van der Waals surface area contributed by atoms with Gasteiger partial charge in [0, 0.05) is 0 Å². The van der Waals surface area contributed by atoms with Crippen molar-refractivity contribution in [3.8, 4) is 0 Å². The van der Waals surface area contributed by atoms with Crippen LogP contribution >= 0.6 is 0 Å². The van der Waals surface area contributed by atoms with E-state index in [4.69, 9.17) is 9.47 Å². The summed E-state index contributed by atoms with van der Waals surface area (Å²) >= 11 is 0. The van der Waals surface area contributed by atoms with E-state index in [1.807, 2.05) is 12.1 Å². The first kappa shape index (κ1) is 11.6. The number of rotatable bonds is 3. The summed E-state index contributed by atoms with van der Waals surface area (Å²) in [5.41, 5.74) is 1.36. The number of hydrogen-bond donors (Lipinski definition) is 0. The lowest BCUT2D eigenvalue weighted by molar-refractivity contribution is -0.141. The smallest absolute Gasteiger partial charge is 0.338 e. The molecule has 1 aromatic rings. The lowest BCUT2D eigenvalue weighted by Gasteiger charge is -2.09. The molecule has 0 aliphatic carbocycles. The minimum Gasteiger partial charge on any atom is -0.465 e. The van der Waals surface area contributed by atoms with Crippen LogP contribution in [0.15, 0.2) is 24.3 Å². The predicted molar refractivity (Wildman–Crippen MR) is 60.6 cm³/mol. The Morgan fingerprint density at radius 2 is 2.24 bits per heavy atom. The molecule has 1 aliphatic rings. The van der Waals surface area contributed by atoms with Gasteiger partial charge in [-0.15, -0.1) is 0 Å². The van der Waals surface area contributed by atoms with Crippen LogP contribution in [-0.4, -0.2) is 25.7 Å². The van der Waals surface area contributed by atoms with Gasteiger partial charge in [-0.3, -0.25) is 4.79 Å². The van der Waals surface area contributed by atoms with E-state index in [0.29, 0.717) is 25.0 Å². The van der Waals surface area contributed by atoms with Crippen LogP contribution in [-0.2, 0) is 20.7 Å². The van der Waals surface area contributed by atoms with E-state index in [1.165, 1.54) is 7.11 Å². The molecule has 1 aliphatic heterocycles. The Hall–Kier alpha value is -1.84. The molecule has 0 saturated carbocycles. The van der Waals surface area contributed by atoms with Gasteiger partial charge in [-0.1, -0.05) is 18.2 Å². The van der Waals surface area contributed by atoms with Crippen molar-refractivity contribution in [2.45, 2.75) is 12.8 Å². The summed E-state index contributed by atoms with van der Waals surface area (Å²) in [5, 5.41) is 0. The molecule has 0 aromatic heterocycles. The van der Waals surface area contributed by atoms with Gasteiger partial charge in [0.25, 0.3) is 0 Å². The fraction of sp³-hybridized carbons (Fsp3) is 0.385. The summed E-state index contributed by atoms with van der Waals surface area (Å²) in [5.74, 6) is -0.683. The van der Waals surface area contributed by atoms with Gasteiger partial charge in [0.2, 0.25) is 0 Å². The highest BCUT2D eigenvalue weighted by Crippen LogP contribution is 2.22. The normalized spacial score (nSPS) is 18.9. The molecule has 1 unspecified atom stereocenters. The van der Waals surface area contributed by atoms with Crippen LogP contribution < -0.4 is 0 Å². The Kier molecular flexibility index (Phi) is 3.42. The van der Waals surface area contributed by atoms with Crippen molar-refractivity contribution in [1.29, 1.82) is 0 Å². The number of esters is 2. The fourth-order valence-corrected chi connectivity index (χ4v) is 2.00. The van der Waals surface area contributed by atoms with Gasteiger partial charge in [0.1, 0.15) is 0 Å². The summed E-state index contributed by atoms with van der Waals surface area (Å²) in [7, 11) is 1.35. The zero-order valence-electron chi connectivity index (χ0n) is 9.64. The zero-order chi connectivity index (χ0) is 12.3. The zero-order valence-corrected chi connectivity index (χ0v) is 9.64. The van der Waals surface area contributed by atoms with Crippen LogP contribution in [0.1, 0.15) is 22.3 Å². The number of benzene rings is 1. The first-order valence-corrected chi connectivity index (χ1v) is 5.55. The average Bonchev–Trinajstić information content (AvgIpc) is 2.75. The van der Waals surface area contributed by atoms with Crippen molar-refractivity contribution in [3.63, 3.8) is 0 Å². The maximum atomic E-state index is 11.6. The van der Waals surface area contributed by atoms with Crippen LogP contribution in [0.4, 0.5) is 0 Å². The Morgan fingerprint density at radius 3 is 2.88 bits per heavy atom. The molecule has 0 bridgehead atoms. The molecule has 0 amide bonds. The highest BCUT2D eigenvalue weighted by Gasteiger charge is 2.27. The molecular weight excluding hydrogens is 220 g/mol. The average molecular weight is 234 g/mol. The van der Waals surface area contributed by atoms with Gasteiger partial charge in [0.05, 0.1) is 25.2 Å². The van der Waals surface area contributed by atoms with Crippen LogP contribution in [0, 0.1) is 5.92 Å². The van der Waals surface area contributed by atoms with Crippen molar-refractivity contribution in [2.24, 2.45) is 5.92 Å². The Bertz CT molecular complexity index is 439. The molecule has 1 saturated heterocycles. The lowest BCUT2D eigenvalue weighted by atomic mass is 9.95. The molecule has 2 rings (SSSR count). The first-order valence-electron chi connectivity index (χ1n) is 5.55. The second-order valence-corrected chi connectivity index (χ2v) is 4.01. The summed E-state index contributed by atoms with van der Waals surface area (Å²) in [6.45, 7) is 0.476. The van der Waals surface area contributed by atoms with Crippen molar-refractivity contribution in [3.05, 3.63) is 35.4 Å². The van der Waals surface area contributed by atoms with E-state index in [0.717, 1.165) is 5.56 Å². The minimum absolute atomic E-state index is 0.138. The predicted octanol–water partition coefficient (Wildman–Crippen LogP) is 1.58. The minimum atomic E-state index is -0.369. The van der Waals surface area contributed by atoms with Crippen molar-refractivity contribution in [1.82, 2.24) is 0 Å². The molecule has 4 nitrogen and oxygen atoms in total. The SMILES string of the molecule is COC(=O)c1ccccc1CC1CCOC1=O. The molecule has 1 fully saturated rings. The van der Waals surface area contributed by atoms with Gasteiger partial charge >= 0.3 is 11.9 Å². The number of methoxy groups -OCH3 is 1. The highest BCUT2D eigenvalue weighted by atomic mass is 16.5. The molecule has 1 atom stereocenters. The van der Waals surface area contributed by atoms with Gasteiger partial charge < -0.3 is 9.47 Å². The van der Waals surface area contributed by atoms with Gasteiger partial charge in [-0.05, 0) is 24.5 Å². The summed E-state index contributed by atoms with van der Waals surface area (Å²) < 4.78 is 9.62. The molecule has 17 heavy (non-hydrogen) atoms. The van der Waals surface area contributed by atoms with Crippen LogP contribution in [0.3, 0.4) is 0 Å². The van der Waals surface area contributed by atoms with Crippen molar-refractivity contribution >= 4 is 11.9 Å². The Labute approximate surface area is 99.5 Å². The third-order valence-corrected chi connectivity index (χ3v) is 2.93. The molecule has 90 valence electrons. The molecule has 1 aromatic carbocycles. The van der Waals surface area contributed by atoms with Crippen molar-refractivity contribution in [2.75, 3.05) is 13.7 Å². The van der Waals surface area contributed by atoms with Gasteiger partial charge in [-0.2, -0.15) is 0 Å². The topological polar surface area (TPSA) is 52.6 Å². The van der Waals surface area contributed by atoms with Gasteiger partial charge in [-0.25, -0.2) is 4.79 Å². The third-order valence-electron chi connectivity index (χ3n) is 2.93. The van der Waals surface area contributed by atoms with Gasteiger partial charge in [0.15, 0.2) is 0 Å². The number of carbonyl (C=O) groups excluding carboxylic acids is 2. The quantitative estimate of drug-likeness (QED) is 0.745. The van der Waals surface area contributed by atoms with Crippen LogP contribution in [0.2, 0.25) is 0 Å². The monoisotopic (exact) mass is 234 g/mol. The molecule has 4 heteroatoms. The van der Waals surface area contributed by atoms with E-state index < -0.39 is 0 Å². The third kappa shape index (κ3) is 2.46.